The highest BCUT2D eigenvalue weighted by Gasteiger charge is 2.32. The number of rotatable bonds is 4. The standard InChI is InChI=1S/C20H17N3O2S/c1-12-16(15-5-3-4-6-17(15)21-12)11-18-19(24)23(20(26)22-18)13-7-9-14(25-2)10-8-13/h3-10,21H,11H2,1-2H3. The molecule has 0 saturated heterocycles. The maximum atomic E-state index is 12.9. The van der Waals surface area contributed by atoms with E-state index < -0.39 is 0 Å². The van der Waals surface area contributed by atoms with Gasteiger partial charge >= 0.3 is 0 Å². The number of methoxy groups -OCH3 is 1. The van der Waals surface area contributed by atoms with Crippen LogP contribution in [0.15, 0.2) is 53.5 Å². The summed E-state index contributed by atoms with van der Waals surface area (Å²) in [7, 11) is 1.60. The zero-order valence-electron chi connectivity index (χ0n) is 14.4. The van der Waals surface area contributed by atoms with E-state index in [9.17, 15) is 4.79 Å². The van der Waals surface area contributed by atoms with Gasteiger partial charge < -0.3 is 9.72 Å². The Morgan fingerprint density at radius 1 is 1.15 bits per heavy atom. The van der Waals surface area contributed by atoms with Gasteiger partial charge in [-0.15, -0.1) is 0 Å². The average molecular weight is 363 g/mol. The molecule has 4 rings (SSSR count). The molecule has 0 atom stereocenters. The van der Waals surface area contributed by atoms with Gasteiger partial charge in [-0.1, -0.05) is 18.2 Å². The van der Waals surface area contributed by atoms with Gasteiger partial charge in [0.05, 0.1) is 12.8 Å². The number of hydrogen-bond donors (Lipinski definition) is 1. The van der Waals surface area contributed by atoms with Crippen molar-refractivity contribution in [2.24, 2.45) is 4.99 Å². The molecule has 0 saturated carbocycles. The van der Waals surface area contributed by atoms with Crippen molar-refractivity contribution in [3.8, 4) is 5.75 Å². The van der Waals surface area contributed by atoms with Gasteiger partial charge in [0.15, 0.2) is 0 Å². The zero-order valence-corrected chi connectivity index (χ0v) is 15.3. The van der Waals surface area contributed by atoms with Crippen molar-refractivity contribution in [3.63, 3.8) is 0 Å². The molecule has 130 valence electrons. The largest absolute Gasteiger partial charge is 0.497 e. The van der Waals surface area contributed by atoms with Gasteiger partial charge in [-0.25, -0.2) is 4.99 Å². The summed E-state index contributed by atoms with van der Waals surface area (Å²) in [4.78, 5) is 22.1. The van der Waals surface area contributed by atoms with Gasteiger partial charge in [0.2, 0.25) is 5.11 Å². The van der Waals surface area contributed by atoms with E-state index in [1.165, 1.54) is 4.90 Å². The predicted octanol–water partition coefficient (Wildman–Crippen LogP) is 3.80. The van der Waals surface area contributed by atoms with E-state index in [-0.39, 0.29) is 11.0 Å². The quantitative estimate of drug-likeness (QED) is 0.717. The number of amides is 1. The number of ether oxygens (including phenoxy) is 1. The zero-order chi connectivity index (χ0) is 18.3. The molecular weight excluding hydrogens is 346 g/mol. The number of carbonyl (C=O) groups excluding carboxylic acids is 1. The van der Waals surface area contributed by atoms with Crippen molar-refractivity contribution in [2.45, 2.75) is 13.3 Å². The highest BCUT2D eigenvalue weighted by molar-refractivity contribution is 7.80. The average Bonchev–Trinajstić information content (AvgIpc) is 3.11. The summed E-state index contributed by atoms with van der Waals surface area (Å²) < 4.78 is 5.16. The molecule has 26 heavy (non-hydrogen) atoms. The number of anilines is 1. The molecule has 5 nitrogen and oxygen atoms in total. The van der Waals surface area contributed by atoms with Crippen LogP contribution in [0.25, 0.3) is 10.9 Å². The van der Waals surface area contributed by atoms with Gasteiger partial charge in [-0.05, 0) is 55.0 Å². The molecule has 1 aliphatic heterocycles. The summed E-state index contributed by atoms with van der Waals surface area (Å²) in [5.41, 5.74) is 4.32. The second-order valence-corrected chi connectivity index (χ2v) is 6.50. The van der Waals surface area contributed by atoms with Gasteiger partial charge in [0.25, 0.3) is 5.91 Å². The second kappa shape index (κ2) is 6.38. The fraction of sp³-hybridized carbons (Fsp3) is 0.150. The lowest BCUT2D eigenvalue weighted by Gasteiger charge is -2.15. The van der Waals surface area contributed by atoms with Crippen LogP contribution in [0.4, 0.5) is 5.69 Å². The molecule has 6 heteroatoms. The van der Waals surface area contributed by atoms with E-state index in [0.717, 1.165) is 27.9 Å². The summed E-state index contributed by atoms with van der Waals surface area (Å²) in [6.07, 6.45) is 0.446. The summed E-state index contributed by atoms with van der Waals surface area (Å²) in [5, 5.41) is 1.38. The summed E-state index contributed by atoms with van der Waals surface area (Å²) in [6, 6.07) is 15.3. The van der Waals surface area contributed by atoms with Gasteiger partial charge in [0.1, 0.15) is 11.5 Å². The molecule has 2 aromatic carbocycles. The first-order chi connectivity index (χ1) is 12.6. The normalized spacial score (nSPS) is 14.2. The third-order valence-electron chi connectivity index (χ3n) is 4.57. The molecule has 0 bridgehead atoms. The van der Waals surface area contributed by atoms with E-state index >= 15 is 0 Å². The van der Waals surface area contributed by atoms with Crippen LogP contribution in [0.3, 0.4) is 0 Å². The van der Waals surface area contributed by atoms with Crippen molar-refractivity contribution in [1.82, 2.24) is 4.98 Å². The lowest BCUT2D eigenvalue weighted by atomic mass is 10.0. The van der Waals surface area contributed by atoms with Crippen LogP contribution in [0.2, 0.25) is 0 Å². The minimum Gasteiger partial charge on any atom is -0.497 e. The number of thiocarbonyl (C=S) groups is 1. The third kappa shape index (κ3) is 2.68. The number of para-hydroxylation sites is 1. The number of H-pyrrole nitrogens is 1. The number of hydrogen-bond acceptors (Lipinski definition) is 3. The van der Waals surface area contributed by atoms with E-state index in [1.54, 1.807) is 31.4 Å². The molecule has 1 aliphatic rings. The highest BCUT2D eigenvalue weighted by atomic mass is 32.1. The number of aromatic amines is 1. The van der Waals surface area contributed by atoms with Crippen molar-refractivity contribution in [2.75, 3.05) is 12.0 Å². The first-order valence-electron chi connectivity index (χ1n) is 8.24. The lowest BCUT2D eigenvalue weighted by Crippen LogP contribution is -2.33. The van der Waals surface area contributed by atoms with Crippen LogP contribution in [0.1, 0.15) is 11.3 Å². The first kappa shape index (κ1) is 16.5. The van der Waals surface area contributed by atoms with Crippen molar-refractivity contribution in [3.05, 3.63) is 59.8 Å². The fourth-order valence-electron chi connectivity index (χ4n) is 3.23. The SMILES string of the molecule is COc1ccc(N2C(=O)C(Cc3c(C)[nH]c4ccccc34)=NC2=S)cc1. The molecule has 1 N–H and O–H groups in total. The van der Waals surface area contributed by atoms with E-state index in [1.807, 2.05) is 31.2 Å². The number of aryl methyl sites for hydroxylation is 1. The van der Waals surface area contributed by atoms with Gasteiger partial charge in [-0.3, -0.25) is 9.69 Å². The molecule has 1 aromatic heterocycles. The Kier molecular flexibility index (Phi) is 4.05. The summed E-state index contributed by atoms with van der Waals surface area (Å²) in [5.74, 6) is 0.548. The monoisotopic (exact) mass is 363 g/mol. The number of nitrogens with one attached hydrogen (secondary N) is 1. The topological polar surface area (TPSA) is 57.7 Å². The number of aromatic nitrogens is 1. The Bertz CT molecular complexity index is 1050. The molecule has 0 fully saturated rings. The van der Waals surface area contributed by atoms with E-state index in [0.29, 0.717) is 17.8 Å². The van der Waals surface area contributed by atoms with Gasteiger partial charge in [-0.2, -0.15) is 0 Å². The van der Waals surface area contributed by atoms with Crippen LogP contribution < -0.4 is 9.64 Å². The highest BCUT2D eigenvalue weighted by Crippen LogP contribution is 2.27. The molecule has 0 radical (unpaired) electrons. The van der Waals surface area contributed by atoms with Crippen LogP contribution in [-0.4, -0.2) is 28.8 Å². The maximum absolute atomic E-state index is 12.9. The van der Waals surface area contributed by atoms with Crippen molar-refractivity contribution in [1.29, 1.82) is 0 Å². The van der Waals surface area contributed by atoms with E-state index in [4.69, 9.17) is 17.0 Å². The Labute approximate surface area is 156 Å². The molecule has 0 spiro atoms. The molecule has 0 unspecified atom stereocenters. The van der Waals surface area contributed by atoms with Crippen molar-refractivity contribution >= 4 is 45.5 Å². The Hall–Kier alpha value is -2.99. The molecule has 1 amide bonds. The number of benzene rings is 2. The van der Waals surface area contributed by atoms with Gasteiger partial charge in [0, 0.05) is 23.0 Å². The summed E-state index contributed by atoms with van der Waals surface area (Å²) >= 11 is 5.34. The maximum Gasteiger partial charge on any atom is 0.279 e. The second-order valence-electron chi connectivity index (χ2n) is 6.13. The molecule has 0 aliphatic carbocycles. The minimum absolute atomic E-state index is 0.176. The number of nitrogens with zero attached hydrogens (tertiary/aromatic N) is 2. The van der Waals surface area contributed by atoms with Crippen LogP contribution in [0.5, 0.6) is 5.75 Å². The first-order valence-corrected chi connectivity index (χ1v) is 8.65. The number of aliphatic imine (C=N–C) groups is 1. The minimum atomic E-state index is -0.176. The Balaban J connectivity index is 1.64. The molecule has 2 heterocycles. The van der Waals surface area contributed by atoms with E-state index in [2.05, 4.69) is 9.98 Å². The number of fused-ring (bicyclic) bond motifs is 1. The molecule has 3 aromatic rings. The van der Waals surface area contributed by atoms with Crippen LogP contribution in [-0.2, 0) is 11.2 Å². The smallest absolute Gasteiger partial charge is 0.279 e. The predicted molar refractivity (Wildman–Crippen MR) is 107 cm³/mol. The van der Waals surface area contributed by atoms with Crippen LogP contribution >= 0.6 is 12.2 Å². The Morgan fingerprint density at radius 2 is 1.88 bits per heavy atom. The summed E-state index contributed by atoms with van der Waals surface area (Å²) in [6.45, 7) is 2.01. The van der Waals surface area contributed by atoms with Crippen LogP contribution in [0, 0.1) is 6.92 Å². The Morgan fingerprint density at radius 3 is 2.62 bits per heavy atom. The fourth-order valence-corrected chi connectivity index (χ4v) is 3.53. The third-order valence-corrected chi connectivity index (χ3v) is 4.85. The molecular formula is C20H17N3O2S. The lowest BCUT2D eigenvalue weighted by molar-refractivity contribution is -0.111. The number of carbonyl (C=O) groups is 1. The van der Waals surface area contributed by atoms with Crippen molar-refractivity contribution < 1.29 is 9.53 Å².